The van der Waals surface area contributed by atoms with Gasteiger partial charge in [0.1, 0.15) is 6.33 Å². The Kier molecular flexibility index (Phi) is 5.57. The first-order chi connectivity index (χ1) is 15.0. The van der Waals surface area contributed by atoms with E-state index in [1.807, 2.05) is 19.9 Å². The Morgan fingerprint density at radius 1 is 1.03 bits per heavy atom. The summed E-state index contributed by atoms with van der Waals surface area (Å²) in [5.41, 5.74) is 4.12. The lowest BCUT2D eigenvalue weighted by Gasteiger charge is -2.16. The summed E-state index contributed by atoms with van der Waals surface area (Å²) in [4.78, 5) is 42.7. The monoisotopic (exact) mass is 417 g/mol. The molecule has 2 amide bonds. The van der Waals surface area contributed by atoms with Gasteiger partial charge < -0.3 is 16.0 Å². The molecule has 0 radical (unpaired) electrons. The zero-order chi connectivity index (χ0) is 22.0. The van der Waals surface area contributed by atoms with E-state index in [1.54, 1.807) is 31.7 Å². The fourth-order valence-electron chi connectivity index (χ4n) is 3.25. The molecular formula is C22H23N7O2. The molecule has 3 aromatic rings. The first-order valence-corrected chi connectivity index (χ1v) is 10.0. The minimum absolute atomic E-state index is 0.148. The van der Waals surface area contributed by atoms with Crippen LogP contribution in [0.4, 0.5) is 17.2 Å². The zero-order valence-corrected chi connectivity index (χ0v) is 17.6. The predicted octanol–water partition coefficient (Wildman–Crippen LogP) is 3.12. The molecule has 2 aromatic heterocycles. The molecular weight excluding hydrogens is 394 g/mol. The fraction of sp³-hybridized carbons (Fsp3) is 0.273. The van der Waals surface area contributed by atoms with E-state index in [2.05, 4.69) is 35.9 Å². The van der Waals surface area contributed by atoms with Crippen molar-refractivity contribution in [3.05, 3.63) is 65.1 Å². The van der Waals surface area contributed by atoms with Crippen molar-refractivity contribution in [3.63, 3.8) is 0 Å². The fourth-order valence-corrected chi connectivity index (χ4v) is 3.25. The lowest BCUT2D eigenvalue weighted by molar-refractivity contribution is 0.0963. The van der Waals surface area contributed by atoms with Gasteiger partial charge in [-0.1, -0.05) is 6.07 Å². The summed E-state index contributed by atoms with van der Waals surface area (Å²) in [6.07, 6.45) is 8.34. The van der Waals surface area contributed by atoms with Gasteiger partial charge in [-0.3, -0.25) is 9.59 Å². The number of rotatable bonds is 6. The molecule has 4 rings (SSSR count). The molecule has 31 heavy (non-hydrogen) atoms. The topological polar surface area (TPSA) is 122 Å². The Bertz CT molecular complexity index is 1140. The van der Waals surface area contributed by atoms with E-state index >= 15 is 0 Å². The van der Waals surface area contributed by atoms with Crippen molar-refractivity contribution < 1.29 is 9.59 Å². The molecule has 2 heterocycles. The number of carbonyl (C=O) groups excluding carboxylic acids is 2. The van der Waals surface area contributed by atoms with E-state index in [9.17, 15) is 9.59 Å². The van der Waals surface area contributed by atoms with Gasteiger partial charge in [0.15, 0.2) is 11.5 Å². The Morgan fingerprint density at radius 3 is 2.45 bits per heavy atom. The van der Waals surface area contributed by atoms with Crippen molar-refractivity contribution in [2.45, 2.75) is 32.6 Å². The number of carbonyl (C=O) groups is 2. The van der Waals surface area contributed by atoms with Gasteiger partial charge in [-0.05, 0) is 43.9 Å². The number of nitrogens with zero attached hydrogens (tertiary/aromatic N) is 4. The van der Waals surface area contributed by atoms with Crippen LogP contribution in [0.25, 0.3) is 0 Å². The largest absolute Gasteiger partial charge is 0.355 e. The van der Waals surface area contributed by atoms with Gasteiger partial charge >= 0.3 is 0 Å². The Balaban J connectivity index is 1.70. The Labute approximate surface area is 179 Å². The molecule has 1 saturated carbocycles. The highest BCUT2D eigenvalue weighted by molar-refractivity contribution is 6.10. The van der Waals surface area contributed by atoms with Gasteiger partial charge in [0.2, 0.25) is 0 Å². The number of aryl methyl sites for hydroxylation is 1. The van der Waals surface area contributed by atoms with Crippen LogP contribution in [0.2, 0.25) is 0 Å². The molecule has 9 nitrogen and oxygen atoms in total. The molecule has 1 aromatic carbocycles. The second-order valence-corrected chi connectivity index (χ2v) is 7.48. The molecule has 0 unspecified atom stereocenters. The van der Waals surface area contributed by atoms with Crippen LogP contribution in [0.3, 0.4) is 0 Å². The minimum atomic E-state index is -0.456. The zero-order valence-electron chi connectivity index (χ0n) is 17.6. The quantitative estimate of drug-likeness (QED) is 0.563. The molecule has 158 valence electrons. The van der Waals surface area contributed by atoms with Crippen LogP contribution in [0, 0.1) is 13.8 Å². The predicted molar refractivity (Wildman–Crippen MR) is 117 cm³/mol. The molecule has 0 aliphatic heterocycles. The van der Waals surface area contributed by atoms with Gasteiger partial charge in [-0.25, -0.2) is 19.9 Å². The molecule has 0 bridgehead atoms. The van der Waals surface area contributed by atoms with Crippen molar-refractivity contribution >= 4 is 29.0 Å². The summed E-state index contributed by atoms with van der Waals surface area (Å²) in [5, 5.41) is 8.54. The highest BCUT2D eigenvalue weighted by atomic mass is 16.2. The lowest BCUT2D eigenvalue weighted by Crippen LogP contribution is -2.24. The summed E-state index contributed by atoms with van der Waals surface area (Å²) in [6.45, 7) is 3.77. The third-order valence-corrected chi connectivity index (χ3v) is 5.26. The average molecular weight is 417 g/mol. The SMILES string of the molecule is CNC(=O)c1c(NC(=O)c2nc(C3CC3)cnc2Nc2cncnc2)ccc(C)c1C. The molecule has 0 spiro atoms. The van der Waals surface area contributed by atoms with E-state index in [4.69, 9.17) is 0 Å². The molecule has 1 aliphatic carbocycles. The standard InChI is InChI=1S/C22H23N7O2/c1-12-4-7-16(18(13(12)2)21(30)23-3)29-22(31)19-20(27-15-8-24-11-25-9-15)26-10-17(28-19)14-5-6-14/h4,7-11,14H,5-6H2,1-3H3,(H,23,30)(H,26,27)(H,29,31). The number of hydrogen-bond donors (Lipinski definition) is 3. The average Bonchev–Trinajstić information content (AvgIpc) is 3.62. The Hall–Kier alpha value is -3.88. The third-order valence-electron chi connectivity index (χ3n) is 5.26. The molecule has 1 aliphatic rings. The maximum Gasteiger partial charge on any atom is 0.278 e. The van der Waals surface area contributed by atoms with Crippen molar-refractivity contribution in [2.24, 2.45) is 0 Å². The second-order valence-electron chi connectivity index (χ2n) is 7.48. The highest BCUT2D eigenvalue weighted by Gasteiger charge is 2.28. The highest BCUT2D eigenvalue weighted by Crippen LogP contribution is 2.39. The third kappa shape index (κ3) is 4.35. The minimum Gasteiger partial charge on any atom is -0.355 e. The van der Waals surface area contributed by atoms with Crippen LogP contribution in [0.5, 0.6) is 0 Å². The van der Waals surface area contributed by atoms with E-state index < -0.39 is 5.91 Å². The maximum atomic E-state index is 13.3. The van der Waals surface area contributed by atoms with Gasteiger partial charge in [0.25, 0.3) is 11.8 Å². The smallest absolute Gasteiger partial charge is 0.278 e. The lowest BCUT2D eigenvalue weighted by atomic mass is 10.0. The van der Waals surface area contributed by atoms with Crippen LogP contribution >= 0.6 is 0 Å². The van der Waals surface area contributed by atoms with Crippen LogP contribution in [-0.4, -0.2) is 38.8 Å². The van der Waals surface area contributed by atoms with E-state index in [0.29, 0.717) is 28.7 Å². The Morgan fingerprint density at radius 2 is 1.77 bits per heavy atom. The summed E-state index contributed by atoms with van der Waals surface area (Å²) < 4.78 is 0. The normalized spacial score (nSPS) is 12.9. The van der Waals surface area contributed by atoms with E-state index in [0.717, 1.165) is 29.7 Å². The summed E-state index contributed by atoms with van der Waals surface area (Å²) in [6, 6.07) is 3.59. The molecule has 1 fully saturated rings. The number of nitrogens with one attached hydrogen (secondary N) is 3. The van der Waals surface area contributed by atoms with Gasteiger partial charge in [-0.2, -0.15) is 0 Å². The first-order valence-electron chi connectivity index (χ1n) is 10.0. The number of hydrogen-bond acceptors (Lipinski definition) is 7. The van der Waals surface area contributed by atoms with Crippen LogP contribution < -0.4 is 16.0 Å². The number of aromatic nitrogens is 4. The van der Waals surface area contributed by atoms with E-state index in [1.165, 1.54) is 6.33 Å². The number of benzene rings is 1. The maximum absolute atomic E-state index is 13.3. The summed E-state index contributed by atoms with van der Waals surface area (Å²) >= 11 is 0. The second kappa shape index (κ2) is 8.47. The van der Waals surface area contributed by atoms with Gasteiger partial charge in [0.05, 0.1) is 41.2 Å². The number of anilines is 3. The van der Waals surface area contributed by atoms with Crippen LogP contribution in [0.1, 0.15) is 56.4 Å². The van der Waals surface area contributed by atoms with Crippen molar-refractivity contribution in [3.8, 4) is 0 Å². The van der Waals surface area contributed by atoms with Crippen molar-refractivity contribution in [2.75, 3.05) is 17.7 Å². The molecule has 0 atom stereocenters. The van der Waals surface area contributed by atoms with Gasteiger partial charge in [-0.15, -0.1) is 0 Å². The molecule has 0 saturated heterocycles. The number of amides is 2. The van der Waals surface area contributed by atoms with Crippen LogP contribution in [0.15, 0.2) is 37.1 Å². The molecule has 9 heteroatoms. The van der Waals surface area contributed by atoms with Crippen molar-refractivity contribution in [1.29, 1.82) is 0 Å². The van der Waals surface area contributed by atoms with Gasteiger partial charge in [0, 0.05) is 13.0 Å². The first kappa shape index (κ1) is 20.4. The molecule has 3 N–H and O–H groups in total. The summed E-state index contributed by atoms with van der Waals surface area (Å²) in [5.74, 6) is -0.102. The summed E-state index contributed by atoms with van der Waals surface area (Å²) in [7, 11) is 1.56. The van der Waals surface area contributed by atoms with Crippen LogP contribution in [-0.2, 0) is 0 Å². The van der Waals surface area contributed by atoms with Crippen molar-refractivity contribution in [1.82, 2.24) is 25.3 Å². The van der Waals surface area contributed by atoms with E-state index in [-0.39, 0.29) is 11.6 Å².